The van der Waals surface area contributed by atoms with Gasteiger partial charge in [0, 0.05) is 6.04 Å². The van der Waals surface area contributed by atoms with Gasteiger partial charge in [0.1, 0.15) is 0 Å². The molecule has 1 aliphatic rings. The highest BCUT2D eigenvalue weighted by atomic mass is 16.5. The Bertz CT molecular complexity index is 108. The van der Waals surface area contributed by atoms with Crippen molar-refractivity contribution in [2.45, 2.75) is 45.2 Å². The fourth-order valence-corrected chi connectivity index (χ4v) is 1.37. The van der Waals surface area contributed by atoms with E-state index >= 15 is 0 Å². The summed E-state index contributed by atoms with van der Waals surface area (Å²) in [6.07, 6.45) is 3.18. The van der Waals surface area contributed by atoms with Crippen LogP contribution in [0, 0.1) is 0 Å². The number of hydroxylamine groups is 1. The molecule has 2 N–H and O–H groups in total. The third-order valence-electron chi connectivity index (χ3n) is 2.18. The zero-order chi connectivity index (χ0) is 7.56. The third-order valence-corrected chi connectivity index (χ3v) is 2.18. The number of rotatable bonds is 2. The molecule has 1 heterocycles. The lowest BCUT2D eigenvalue weighted by atomic mass is 10.1. The first kappa shape index (κ1) is 7.98. The van der Waals surface area contributed by atoms with E-state index in [0.29, 0.717) is 12.1 Å². The predicted octanol–water partition coefficient (Wildman–Crippen LogP) is 1.14. The molecule has 0 aromatic heterocycles. The first-order valence-electron chi connectivity index (χ1n) is 4.02. The molecule has 1 saturated heterocycles. The van der Waals surface area contributed by atoms with E-state index < -0.39 is 0 Å². The Hall–Kier alpha value is -0.120. The molecule has 1 fully saturated rings. The summed E-state index contributed by atoms with van der Waals surface area (Å²) in [5, 5.41) is 10.5. The first-order chi connectivity index (χ1) is 4.77. The minimum Gasteiger partial charge on any atom is -0.299 e. The van der Waals surface area contributed by atoms with Crippen LogP contribution in [-0.4, -0.2) is 22.5 Å². The molecule has 0 amide bonds. The molecule has 0 aliphatic carbocycles. The SMILES string of the molecule is CCC1CC(CC)N(O)N1. The molecule has 2 atom stereocenters. The second-order valence-corrected chi connectivity index (χ2v) is 2.88. The lowest BCUT2D eigenvalue weighted by Gasteiger charge is -2.13. The minimum absolute atomic E-state index is 0.324. The first-order valence-corrected chi connectivity index (χ1v) is 4.02. The second-order valence-electron chi connectivity index (χ2n) is 2.88. The standard InChI is InChI=1S/C7H16N2O/c1-3-6-5-7(4-2)9(10)8-6/h6-8,10H,3-5H2,1-2H3. The molecule has 2 unspecified atom stereocenters. The van der Waals surface area contributed by atoms with E-state index in [1.807, 2.05) is 0 Å². The minimum atomic E-state index is 0.324. The Morgan fingerprint density at radius 3 is 2.50 bits per heavy atom. The van der Waals surface area contributed by atoms with E-state index in [9.17, 15) is 5.21 Å². The maximum Gasteiger partial charge on any atom is 0.0523 e. The fourth-order valence-electron chi connectivity index (χ4n) is 1.37. The predicted molar refractivity (Wildman–Crippen MR) is 39.5 cm³/mol. The van der Waals surface area contributed by atoms with Gasteiger partial charge in [-0.3, -0.25) is 5.21 Å². The zero-order valence-corrected chi connectivity index (χ0v) is 6.67. The quantitative estimate of drug-likeness (QED) is 0.610. The summed E-state index contributed by atoms with van der Waals surface area (Å²) in [4.78, 5) is 0. The fraction of sp³-hybridized carbons (Fsp3) is 1.00. The van der Waals surface area contributed by atoms with E-state index in [0.717, 1.165) is 19.3 Å². The molecule has 0 spiro atoms. The molecule has 60 valence electrons. The van der Waals surface area contributed by atoms with Gasteiger partial charge >= 0.3 is 0 Å². The molecular formula is C7H16N2O. The highest BCUT2D eigenvalue weighted by Gasteiger charge is 2.27. The number of hydrogen-bond acceptors (Lipinski definition) is 3. The van der Waals surface area contributed by atoms with Crippen LogP contribution in [0.1, 0.15) is 33.1 Å². The van der Waals surface area contributed by atoms with Gasteiger partial charge in [-0.2, -0.15) is 0 Å². The Kier molecular flexibility index (Phi) is 2.65. The largest absolute Gasteiger partial charge is 0.299 e. The van der Waals surface area contributed by atoms with Gasteiger partial charge in [0.15, 0.2) is 0 Å². The molecule has 0 bridgehead atoms. The van der Waals surface area contributed by atoms with E-state index in [1.54, 1.807) is 0 Å². The van der Waals surface area contributed by atoms with Crippen LogP contribution in [0.4, 0.5) is 0 Å². The highest BCUT2D eigenvalue weighted by Crippen LogP contribution is 2.16. The van der Waals surface area contributed by atoms with E-state index in [4.69, 9.17) is 0 Å². The second kappa shape index (κ2) is 3.32. The number of nitrogens with zero attached hydrogens (tertiary/aromatic N) is 1. The normalized spacial score (nSPS) is 35.1. The molecule has 3 nitrogen and oxygen atoms in total. The summed E-state index contributed by atoms with van der Waals surface area (Å²) in [5.41, 5.74) is 2.99. The van der Waals surface area contributed by atoms with Gasteiger partial charge in [-0.25, -0.2) is 5.43 Å². The zero-order valence-electron chi connectivity index (χ0n) is 6.67. The van der Waals surface area contributed by atoms with Crippen LogP contribution in [0.3, 0.4) is 0 Å². The number of nitrogens with one attached hydrogen (secondary N) is 1. The van der Waals surface area contributed by atoms with E-state index in [1.165, 1.54) is 5.17 Å². The summed E-state index contributed by atoms with van der Waals surface area (Å²) in [6, 6.07) is 0.805. The lowest BCUT2D eigenvalue weighted by Crippen LogP contribution is -2.35. The van der Waals surface area contributed by atoms with Gasteiger partial charge < -0.3 is 0 Å². The molecule has 0 aromatic carbocycles. The van der Waals surface area contributed by atoms with Gasteiger partial charge in [-0.1, -0.05) is 13.8 Å². The average Bonchev–Trinajstić information content (AvgIpc) is 2.30. The van der Waals surface area contributed by atoms with Crippen LogP contribution in [0.5, 0.6) is 0 Å². The Labute approximate surface area is 62.0 Å². The Balaban J connectivity index is 2.36. The van der Waals surface area contributed by atoms with Crippen molar-refractivity contribution in [3.63, 3.8) is 0 Å². The van der Waals surface area contributed by atoms with Crippen LogP contribution in [0.15, 0.2) is 0 Å². The summed E-state index contributed by atoms with van der Waals surface area (Å²) in [5.74, 6) is 0. The van der Waals surface area contributed by atoms with Crippen LogP contribution in [-0.2, 0) is 0 Å². The average molecular weight is 144 g/mol. The summed E-state index contributed by atoms with van der Waals surface area (Å²) < 4.78 is 0. The van der Waals surface area contributed by atoms with Crippen LogP contribution >= 0.6 is 0 Å². The van der Waals surface area contributed by atoms with Crippen molar-refractivity contribution in [3.05, 3.63) is 0 Å². The van der Waals surface area contributed by atoms with Crippen LogP contribution in [0.25, 0.3) is 0 Å². The smallest absolute Gasteiger partial charge is 0.0523 e. The molecule has 0 saturated carbocycles. The Morgan fingerprint density at radius 1 is 1.50 bits per heavy atom. The molecule has 0 aromatic rings. The third kappa shape index (κ3) is 1.48. The van der Waals surface area contributed by atoms with Crippen molar-refractivity contribution >= 4 is 0 Å². The maximum atomic E-state index is 9.21. The molecule has 1 rings (SSSR count). The molecule has 10 heavy (non-hydrogen) atoms. The van der Waals surface area contributed by atoms with Gasteiger partial charge in [-0.15, -0.1) is 5.17 Å². The summed E-state index contributed by atoms with van der Waals surface area (Å²) in [7, 11) is 0. The van der Waals surface area contributed by atoms with Crippen molar-refractivity contribution < 1.29 is 5.21 Å². The van der Waals surface area contributed by atoms with E-state index in [2.05, 4.69) is 19.3 Å². The van der Waals surface area contributed by atoms with Crippen molar-refractivity contribution in [2.24, 2.45) is 0 Å². The molecule has 0 radical (unpaired) electrons. The molecule has 1 aliphatic heterocycles. The van der Waals surface area contributed by atoms with Gasteiger partial charge in [-0.05, 0) is 19.3 Å². The highest BCUT2D eigenvalue weighted by molar-refractivity contribution is 4.78. The maximum absolute atomic E-state index is 9.21. The van der Waals surface area contributed by atoms with Gasteiger partial charge in [0.05, 0.1) is 6.04 Å². The lowest BCUT2D eigenvalue weighted by molar-refractivity contribution is -0.146. The van der Waals surface area contributed by atoms with Crippen molar-refractivity contribution in [1.29, 1.82) is 0 Å². The van der Waals surface area contributed by atoms with Crippen molar-refractivity contribution in [3.8, 4) is 0 Å². The number of hydrazine groups is 1. The van der Waals surface area contributed by atoms with Crippen LogP contribution < -0.4 is 5.43 Å². The van der Waals surface area contributed by atoms with Crippen molar-refractivity contribution in [1.82, 2.24) is 10.6 Å². The number of hydrogen-bond donors (Lipinski definition) is 2. The van der Waals surface area contributed by atoms with E-state index in [-0.39, 0.29) is 0 Å². The van der Waals surface area contributed by atoms with Gasteiger partial charge in [0.2, 0.25) is 0 Å². The molecule has 3 heteroatoms. The van der Waals surface area contributed by atoms with Gasteiger partial charge in [0.25, 0.3) is 0 Å². The summed E-state index contributed by atoms with van der Waals surface area (Å²) in [6.45, 7) is 4.22. The topological polar surface area (TPSA) is 35.5 Å². The van der Waals surface area contributed by atoms with Crippen LogP contribution in [0.2, 0.25) is 0 Å². The molecular weight excluding hydrogens is 128 g/mol. The summed E-state index contributed by atoms with van der Waals surface area (Å²) >= 11 is 0. The monoisotopic (exact) mass is 144 g/mol. The Morgan fingerprint density at radius 2 is 2.20 bits per heavy atom. The van der Waals surface area contributed by atoms with Crippen molar-refractivity contribution in [2.75, 3.05) is 0 Å².